The molecule has 154 valence electrons. The maximum absolute atomic E-state index is 13.8. The van der Waals surface area contributed by atoms with E-state index in [1.54, 1.807) is 44.2 Å². The zero-order valence-electron chi connectivity index (χ0n) is 16.2. The molecule has 0 unspecified atom stereocenters. The second-order valence-electron chi connectivity index (χ2n) is 6.38. The summed E-state index contributed by atoms with van der Waals surface area (Å²) in [5.74, 6) is -1.23. The Hall–Kier alpha value is -2.57. The lowest BCUT2D eigenvalue weighted by Gasteiger charge is -2.19. The van der Waals surface area contributed by atoms with Crippen LogP contribution in [0.5, 0.6) is 0 Å². The van der Waals surface area contributed by atoms with Crippen LogP contribution in [0.2, 0.25) is 5.02 Å². The molecule has 0 saturated carbocycles. The summed E-state index contributed by atoms with van der Waals surface area (Å²) in [4.78, 5) is 30.4. The quantitative estimate of drug-likeness (QED) is 0.398. The van der Waals surface area contributed by atoms with E-state index in [0.717, 1.165) is 0 Å². The molecule has 2 heterocycles. The normalized spacial score (nSPS) is 13.3. The molecule has 0 saturated heterocycles. The Morgan fingerprint density at radius 3 is 2.30 bits per heavy atom. The Morgan fingerprint density at radius 1 is 1.00 bits per heavy atom. The molecule has 0 radical (unpaired) electrons. The highest BCUT2D eigenvalue weighted by Gasteiger charge is 2.45. The number of aromatic nitrogens is 1. The molecule has 0 amide bonds. The molecule has 9 heteroatoms. The van der Waals surface area contributed by atoms with Gasteiger partial charge in [-0.3, -0.25) is 19.1 Å². The van der Waals surface area contributed by atoms with E-state index in [0.29, 0.717) is 10.6 Å². The Kier molecular flexibility index (Phi) is 5.47. The minimum absolute atomic E-state index is 0.0285. The summed E-state index contributed by atoms with van der Waals surface area (Å²) in [5, 5.41) is 0.413. The summed E-state index contributed by atoms with van der Waals surface area (Å²) in [7, 11) is -4.00. The molecular formula is C21H17ClNO6P. The van der Waals surface area contributed by atoms with Gasteiger partial charge in [-0.25, -0.2) is 0 Å². The maximum atomic E-state index is 13.8. The molecule has 1 aliphatic carbocycles. The number of carbonyl (C=O) groups is 2. The zero-order valence-corrected chi connectivity index (χ0v) is 17.8. The average Bonchev–Trinajstić information content (AvgIpc) is 3.15. The van der Waals surface area contributed by atoms with Gasteiger partial charge in [0.05, 0.1) is 24.3 Å². The number of fused-ring (bicyclic) bond motifs is 2. The van der Waals surface area contributed by atoms with E-state index in [9.17, 15) is 14.2 Å². The lowest BCUT2D eigenvalue weighted by atomic mass is 9.92. The van der Waals surface area contributed by atoms with E-state index in [1.165, 1.54) is 12.3 Å². The van der Waals surface area contributed by atoms with Crippen molar-refractivity contribution in [2.75, 3.05) is 13.2 Å². The van der Waals surface area contributed by atoms with Gasteiger partial charge in [-0.2, -0.15) is 0 Å². The predicted molar refractivity (Wildman–Crippen MR) is 111 cm³/mol. The van der Waals surface area contributed by atoms with Crippen molar-refractivity contribution in [2.24, 2.45) is 0 Å². The molecule has 0 aliphatic heterocycles. The van der Waals surface area contributed by atoms with Gasteiger partial charge in [0.2, 0.25) is 11.6 Å². The molecule has 4 rings (SSSR count). The molecule has 0 spiro atoms. The summed E-state index contributed by atoms with van der Waals surface area (Å²) >= 11 is 5.99. The molecule has 0 fully saturated rings. The van der Waals surface area contributed by atoms with Crippen LogP contribution >= 0.6 is 19.2 Å². The SMILES string of the molecule is CCOP(=O)(OCC)c1c(-c2ccc(Cl)cc2)oc2c1C(=O)c1ncccc1C2=O. The van der Waals surface area contributed by atoms with E-state index in [4.69, 9.17) is 25.1 Å². The van der Waals surface area contributed by atoms with Crippen molar-refractivity contribution in [2.45, 2.75) is 13.8 Å². The first-order chi connectivity index (χ1) is 14.4. The predicted octanol–water partition coefficient (Wildman–Crippen LogP) is 4.66. The number of ketones is 2. The van der Waals surface area contributed by atoms with Crippen molar-refractivity contribution >= 4 is 36.1 Å². The van der Waals surface area contributed by atoms with Crippen LogP contribution in [0.4, 0.5) is 0 Å². The van der Waals surface area contributed by atoms with Gasteiger partial charge in [-0.1, -0.05) is 11.6 Å². The fraction of sp³-hybridized carbons (Fsp3) is 0.190. The second-order valence-corrected chi connectivity index (χ2v) is 8.78. The number of rotatable bonds is 6. The van der Waals surface area contributed by atoms with Gasteiger partial charge >= 0.3 is 7.60 Å². The molecule has 1 aliphatic rings. The lowest BCUT2D eigenvalue weighted by Crippen LogP contribution is -2.27. The first-order valence-corrected chi connectivity index (χ1v) is 11.2. The monoisotopic (exact) mass is 445 g/mol. The highest BCUT2D eigenvalue weighted by atomic mass is 35.5. The summed E-state index contributed by atoms with van der Waals surface area (Å²) in [6.07, 6.45) is 1.42. The van der Waals surface area contributed by atoms with Crippen LogP contribution in [0.3, 0.4) is 0 Å². The highest BCUT2D eigenvalue weighted by molar-refractivity contribution is 7.62. The molecule has 2 aromatic heterocycles. The summed E-state index contributed by atoms with van der Waals surface area (Å²) in [6.45, 7) is 3.44. The molecular weight excluding hydrogens is 429 g/mol. The Morgan fingerprint density at radius 2 is 1.67 bits per heavy atom. The first kappa shape index (κ1) is 20.7. The van der Waals surface area contributed by atoms with Crippen LogP contribution < -0.4 is 5.30 Å². The Balaban J connectivity index is 2.05. The lowest BCUT2D eigenvalue weighted by molar-refractivity contribution is 0.0957. The van der Waals surface area contributed by atoms with Gasteiger partial charge in [-0.05, 0) is 50.2 Å². The van der Waals surface area contributed by atoms with E-state index in [-0.39, 0.29) is 46.9 Å². The third kappa shape index (κ3) is 3.24. The number of benzene rings is 1. The smallest absolute Gasteiger partial charge is 0.366 e. The van der Waals surface area contributed by atoms with Gasteiger partial charge in [0.1, 0.15) is 11.0 Å². The number of hydrogen-bond donors (Lipinski definition) is 0. The van der Waals surface area contributed by atoms with Crippen molar-refractivity contribution in [3.8, 4) is 11.3 Å². The van der Waals surface area contributed by atoms with E-state index < -0.39 is 19.2 Å². The van der Waals surface area contributed by atoms with Crippen molar-refractivity contribution in [1.82, 2.24) is 4.98 Å². The van der Waals surface area contributed by atoms with Crippen LogP contribution in [0.1, 0.15) is 46.0 Å². The number of halogens is 1. The summed E-state index contributed by atoms with van der Waals surface area (Å²) in [5.41, 5.74) is 0.433. The van der Waals surface area contributed by atoms with Crippen LogP contribution in [-0.4, -0.2) is 29.8 Å². The van der Waals surface area contributed by atoms with Crippen LogP contribution in [0.25, 0.3) is 11.3 Å². The van der Waals surface area contributed by atoms with Crippen LogP contribution in [-0.2, 0) is 13.6 Å². The van der Waals surface area contributed by atoms with Gasteiger partial charge in [0, 0.05) is 16.8 Å². The van der Waals surface area contributed by atoms with Crippen LogP contribution in [0.15, 0.2) is 47.0 Å². The third-order valence-corrected chi connectivity index (χ3v) is 6.98. The number of carbonyl (C=O) groups excluding carboxylic acids is 2. The Bertz CT molecular complexity index is 1190. The minimum atomic E-state index is -4.00. The maximum Gasteiger partial charge on any atom is 0.366 e. The highest BCUT2D eigenvalue weighted by Crippen LogP contribution is 2.52. The average molecular weight is 446 g/mol. The second kappa shape index (κ2) is 7.93. The van der Waals surface area contributed by atoms with E-state index >= 15 is 0 Å². The van der Waals surface area contributed by atoms with Crippen LogP contribution in [0, 0.1) is 0 Å². The standard InChI is InChI=1S/C21H17ClNO6P/c1-3-27-30(26,28-4-2)21-15-18(25)16-14(6-5-11-23-16)17(24)20(15)29-19(21)12-7-9-13(22)10-8-12/h5-11H,3-4H2,1-2H3. The first-order valence-electron chi connectivity index (χ1n) is 9.28. The third-order valence-electron chi connectivity index (χ3n) is 4.56. The fourth-order valence-electron chi connectivity index (χ4n) is 3.37. The van der Waals surface area contributed by atoms with Gasteiger partial charge in [0.25, 0.3) is 0 Å². The van der Waals surface area contributed by atoms with Gasteiger partial charge in [-0.15, -0.1) is 0 Å². The molecule has 0 bridgehead atoms. The molecule has 0 atom stereocenters. The Labute approximate surface area is 177 Å². The number of nitrogens with zero attached hydrogens (tertiary/aromatic N) is 1. The molecule has 1 aromatic carbocycles. The van der Waals surface area contributed by atoms with Crippen molar-refractivity contribution in [3.63, 3.8) is 0 Å². The summed E-state index contributed by atoms with van der Waals surface area (Å²) in [6, 6.07) is 9.57. The molecule has 7 nitrogen and oxygen atoms in total. The number of furan rings is 1. The van der Waals surface area contributed by atoms with Crippen molar-refractivity contribution < 1.29 is 27.6 Å². The van der Waals surface area contributed by atoms with E-state index in [1.807, 2.05) is 0 Å². The molecule has 3 aromatic rings. The summed E-state index contributed by atoms with van der Waals surface area (Å²) < 4.78 is 30.6. The fourth-order valence-corrected chi connectivity index (χ4v) is 5.41. The van der Waals surface area contributed by atoms with Crippen molar-refractivity contribution in [1.29, 1.82) is 0 Å². The number of pyridine rings is 1. The number of hydrogen-bond acceptors (Lipinski definition) is 7. The molecule has 30 heavy (non-hydrogen) atoms. The minimum Gasteiger partial charge on any atom is -0.451 e. The van der Waals surface area contributed by atoms with E-state index in [2.05, 4.69) is 4.98 Å². The van der Waals surface area contributed by atoms with Crippen molar-refractivity contribution in [3.05, 3.63) is 70.2 Å². The largest absolute Gasteiger partial charge is 0.451 e. The molecule has 0 N–H and O–H groups in total. The van der Waals surface area contributed by atoms with Gasteiger partial charge < -0.3 is 13.5 Å². The topological polar surface area (TPSA) is 95.7 Å². The van der Waals surface area contributed by atoms with Gasteiger partial charge in [0.15, 0.2) is 11.5 Å². The zero-order chi connectivity index (χ0) is 21.5.